The van der Waals surface area contributed by atoms with Crippen LogP contribution in [-0.2, 0) is 17.8 Å². The maximum absolute atomic E-state index is 12.2. The Morgan fingerprint density at radius 1 is 1.10 bits per heavy atom. The zero-order valence-corrected chi connectivity index (χ0v) is 11.2. The Hall–Kier alpha value is -2.42. The van der Waals surface area contributed by atoms with E-state index in [1.165, 1.54) is 11.1 Å². The minimum absolute atomic E-state index is 0.0660. The second-order valence-electron chi connectivity index (χ2n) is 4.89. The Morgan fingerprint density at radius 2 is 1.85 bits per heavy atom. The van der Waals surface area contributed by atoms with E-state index in [-0.39, 0.29) is 5.91 Å². The molecule has 2 aromatic rings. The van der Waals surface area contributed by atoms with Crippen molar-refractivity contribution < 1.29 is 4.79 Å². The molecule has 0 bridgehead atoms. The summed E-state index contributed by atoms with van der Waals surface area (Å²) in [5.41, 5.74) is 3.60. The van der Waals surface area contributed by atoms with Gasteiger partial charge in [-0.2, -0.15) is 0 Å². The fourth-order valence-corrected chi connectivity index (χ4v) is 2.43. The molecule has 0 atom stereocenters. The van der Waals surface area contributed by atoms with Gasteiger partial charge in [0.2, 0.25) is 5.91 Å². The summed E-state index contributed by atoms with van der Waals surface area (Å²) in [5, 5.41) is 0. The molecule has 0 saturated carbocycles. The highest BCUT2D eigenvalue weighted by molar-refractivity contribution is 5.91. The molecular formula is C17H16N2O. The first-order chi connectivity index (χ1) is 9.83. The Morgan fingerprint density at radius 3 is 2.65 bits per heavy atom. The van der Waals surface area contributed by atoms with Gasteiger partial charge < -0.3 is 4.90 Å². The van der Waals surface area contributed by atoms with Gasteiger partial charge in [0.25, 0.3) is 0 Å². The SMILES string of the molecule is O=C(/C=C/c1ccncc1)N1CCc2ccccc2C1. The van der Waals surface area contributed by atoms with Crippen LogP contribution in [0.1, 0.15) is 16.7 Å². The van der Waals surface area contributed by atoms with E-state index in [1.54, 1.807) is 18.5 Å². The van der Waals surface area contributed by atoms with Crippen molar-refractivity contribution in [2.24, 2.45) is 0 Å². The van der Waals surface area contributed by atoms with Crippen LogP contribution >= 0.6 is 0 Å². The summed E-state index contributed by atoms with van der Waals surface area (Å²) >= 11 is 0. The van der Waals surface area contributed by atoms with Gasteiger partial charge in [0, 0.05) is 31.6 Å². The Bertz CT molecular complexity index is 634. The van der Waals surface area contributed by atoms with Crippen molar-refractivity contribution in [2.45, 2.75) is 13.0 Å². The van der Waals surface area contributed by atoms with E-state index in [9.17, 15) is 4.79 Å². The number of hydrogen-bond donors (Lipinski definition) is 0. The van der Waals surface area contributed by atoms with Crippen LogP contribution < -0.4 is 0 Å². The molecule has 20 heavy (non-hydrogen) atoms. The molecule has 100 valence electrons. The number of amides is 1. The molecule has 1 aliphatic heterocycles. The van der Waals surface area contributed by atoms with Gasteiger partial charge >= 0.3 is 0 Å². The molecule has 0 saturated heterocycles. The smallest absolute Gasteiger partial charge is 0.246 e. The van der Waals surface area contributed by atoms with Gasteiger partial charge in [-0.25, -0.2) is 0 Å². The lowest BCUT2D eigenvalue weighted by molar-refractivity contribution is -0.126. The zero-order valence-electron chi connectivity index (χ0n) is 11.2. The van der Waals surface area contributed by atoms with Gasteiger partial charge in [-0.05, 0) is 41.3 Å². The number of pyridine rings is 1. The highest BCUT2D eigenvalue weighted by Crippen LogP contribution is 2.18. The third-order valence-corrected chi connectivity index (χ3v) is 3.57. The number of hydrogen-bond acceptors (Lipinski definition) is 2. The van der Waals surface area contributed by atoms with Gasteiger partial charge in [-0.15, -0.1) is 0 Å². The normalized spacial score (nSPS) is 14.3. The van der Waals surface area contributed by atoms with Gasteiger partial charge in [0.1, 0.15) is 0 Å². The predicted molar refractivity (Wildman–Crippen MR) is 78.8 cm³/mol. The van der Waals surface area contributed by atoms with Crippen LogP contribution in [0.2, 0.25) is 0 Å². The molecule has 2 heterocycles. The van der Waals surface area contributed by atoms with E-state index in [0.29, 0.717) is 6.54 Å². The number of fused-ring (bicyclic) bond motifs is 1. The molecule has 3 heteroatoms. The standard InChI is InChI=1S/C17H16N2O/c20-17(6-5-14-7-10-18-11-8-14)19-12-9-15-3-1-2-4-16(15)13-19/h1-8,10-11H,9,12-13H2/b6-5+. The summed E-state index contributed by atoms with van der Waals surface area (Å²) in [4.78, 5) is 18.1. The van der Waals surface area contributed by atoms with Crippen LogP contribution in [-0.4, -0.2) is 22.3 Å². The minimum Gasteiger partial charge on any atom is -0.334 e. The summed E-state index contributed by atoms with van der Waals surface area (Å²) in [5.74, 6) is 0.0660. The van der Waals surface area contributed by atoms with Crippen molar-refractivity contribution in [3.63, 3.8) is 0 Å². The predicted octanol–water partition coefficient (Wildman–Crippen LogP) is 2.68. The van der Waals surface area contributed by atoms with Gasteiger partial charge in [-0.1, -0.05) is 24.3 Å². The number of rotatable bonds is 2. The first kappa shape index (κ1) is 12.6. The van der Waals surface area contributed by atoms with Gasteiger partial charge in [0.05, 0.1) is 0 Å². The molecule has 0 radical (unpaired) electrons. The van der Waals surface area contributed by atoms with Crippen molar-refractivity contribution >= 4 is 12.0 Å². The summed E-state index contributed by atoms with van der Waals surface area (Å²) in [7, 11) is 0. The first-order valence-corrected chi connectivity index (χ1v) is 6.77. The van der Waals surface area contributed by atoms with Crippen LogP contribution in [0.15, 0.2) is 54.9 Å². The summed E-state index contributed by atoms with van der Waals surface area (Å²) in [6, 6.07) is 12.1. The average molecular weight is 264 g/mol. The van der Waals surface area contributed by atoms with Crippen LogP contribution in [0.25, 0.3) is 6.08 Å². The zero-order chi connectivity index (χ0) is 13.8. The Balaban J connectivity index is 1.69. The molecule has 0 unspecified atom stereocenters. The molecule has 1 aromatic heterocycles. The lowest BCUT2D eigenvalue weighted by Gasteiger charge is -2.27. The molecule has 1 aliphatic rings. The van der Waals surface area contributed by atoms with Crippen LogP contribution in [0, 0.1) is 0 Å². The number of benzene rings is 1. The topological polar surface area (TPSA) is 33.2 Å². The van der Waals surface area contributed by atoms with Crippen LogP contribution in [0.3, 0.4) is 0 Å². The number of carbonyl (C=O) groups is 1. The summed E-state index contributed by atoms with van der Waals surface area (Å²) in [6.45, 7) is 1.49. The van der Waals surface area contributed by atoms with Crippen molar-refractivity contribution in [2.75, 3.05) is 6.54 Å². The lowest BCUT2D eigenvalue weighted by atomic mass is 10.00. The minimum atomic E-state index is 0.0660. The number of nitrogens with zero attached hydrogens (tertiary/aromatic N) is 2. The van der Waals surface area contributed by atoms with Gasteiger partial charge in [0.15, 0.2) is 0 Å². The molecule has 1 aromatic carbocycles. The number of carbonyl (C=O) groups excluding carboxylic acids is 1. The molecule has 3 rings (SSSR count). The second kappa shape index (κ2) is 5.70. The quantitative estimate of drug-likeness (QED) is 0.781. The fourth-order valence-electron chi connectivity index (χ4n) is 2.43. The van der Waals surface area contributed by atoms with E-state index in [2.05, 4.69) is 23.2 Å². The highest BCUT2D eigenvalue weighted by Gasteiger charge is 2.18. The molecule has 1 amide bonds. The highest BCUT2D eigenvalue weighted by atomic mass is 16.2. The maximum Gasteiger partial charge on any atom is 0.246 e. The molecular weight excluding hydrogens is 248 g/mol. The van der Waals surface area contributed by atoms with Crippen molar-refractivity contribution in [3.8, 4) is 0 Å². The van der Waals surface area contributed by atoms with Crippen LogP contribution in [0.4, 0.5) is 0 Å². The van der Waals surface area contributed by atoms with E-state index in [4.69, 9.17) is 0 Å². The molecule has 3 nitrogen and oxygen atoms in total. The Kier molecular flexibility index (Phi) is 3.59. The first-order valence-electron chi connectivity index (χ1n) is 6.77. The summed E-state index contributed by atoms with van der Waals surface area (Å²) < 4.78 is 0. The maximum atomic E-state index is 12.2. The van der Waals surface area contributed by atoms with Crippen molar-refractivity contribution in [3.05, 3.63) is 71.6 Å². The van der Waals surface area contributed by atoms with E-state index in [1.807, 2.05) is 29.2 Å². The van der Waals surface area contributed by atoms with E-state index >= 15 is 0 Å². The monoisotopic (exact) mass is 264 g/mol. The van der Waals surface area contributed by atoms with Crippen molar-refractivity contribution in [1.29, 1.82) is 0 Å². The average Bonchev–Trinajstić information content (AvgIpc) is 2.53. The molecule has 0 spiro atoms. The summed E-state index contributed by atoms with van der Waals surface area (Å²) in [6.07, 6.45) is 7.86. The molecule has 0 N–H and O–H groups in total. The second-order valence-corrected chi connectivity index (χ2v) is 4.89. The third-order valence-electron chi connectivity index (χ3n) is 3.57. The number of aromatic nitrogens is 1. The fraction of sp³-hybridized carbons (Fsp3) is 0.176. The molecule has 0 aliphatic carbocycles. The third kappa shape index (κ3) is 2.77. The van der Waals surface area contributed by atoms with Crippen molar-refractivity contribution in [1.82, 2.24) is 9.88 Å². The van der Waals surface area contributed by atoms with E-state index < -0.39 is 0 Å². The molecule has 0 fully saturated rings. The van der Waals surface area contributed by atoms with Gasteiger partial charge in [-0.3, -0.25) is 9.78 Å². The van der Waals surface area contributed by atoms with E-state index in [0.717, 1.165) is 18.5 Å². The lowest BCUT2D eigenvalue weighted by Crippen LogP contribution is -2.34. The largest absolute Gasteiger partial charge is 0.334 e. The van der Waals surface area contributed by atoms with Crippen LogP contribution in [0.5, 0.6) is 0 Å². The Labute approximate surface area is 118 Å².